The quantitative estimate of drug-likeness (QED) is 0.883. The van der Waals surface area contributed by atoms with Gasteiger partial charge in [0.15, 0.2) is 0 Å². The monoisotopic (exact) mass is 334 g/mol. The number of nitrogens with one attached hydrogen (secondary N) is 1. The lowest BCUT2D eigenvalue weighted by Crippen LogP contribution is -2.44. The second-order valence-electron chi connectivity index (χ2n) is 6.39. The molecule has 2 amide bonds. The fourth-order valence-corrected chi connectivity index (χ4v) is 2.96. The zero-order valence-electron chi connectivity index (χ0n) is 13.1. The fourth-order valence-electron chi connectivity index (χ4n) is 2.96. The lowest BCUT2D eigenvalue weighted by atomic mass is 9.96. The third-order valence-corrected chi connectivity index (χ3v) is 4.50. The van der Waals surface area contributed by atoms with Gasteiger partial charge in [0.25, 0.3) is 0 Å². The summed E-state index contributed by atoms with van der Waals surface area (Å²) in [7, 11) is 0. The van der Waals surface area contributed by atoms with E-state index in [1.807, 2.05) is 0 Å². The topological polar surface area (TPSA) is 86.7 Å². The number of benzene rings is 1. The van der Waals surface area contributed by atoms with E-state index in [2.05, 4.69) is 5.32 Å². The minimum absolute atomic E-state index is 0.0457. The molecule has 2 aliphatic rings. The van der Waals surface area contributed by atoms with E-state index < -0.39 is 11.8 Å². The van der Waals surface area contributed by atoms with Gasteiger partial charge in [-0.15, -0.1) is 0 Å². The molecule has 7 heteroatoms. The number of piperidine rings is 1. The van der Waals surface area contributed by atoms with Gasteiger partial charge in [0.1, 0.15) is 5.82 Å². The van der Waals surface area contributed by atoms with E-state index in [4.69, 9.17) is 5.11 Å². The summed E-state index contributed by atoms with van der Waals surface area (Å²) in [5.74, 6) is -2.50. The average molecular weight is 334 g/mol. The normalized spacial score (nSPS) is 20.5. The molecule has 1 aromatic rings. The minimum atomic E-state index is -1.23. The molecule has 1 aliphatic heterocycles. The first-order valence-corrected chi connectivity index (χ1v) is 8.08. The summed E-state index contributed by atoms with van der Waals surface area (Å²) < 4.78 is 13.9. The Labute approximate surface area is 138 Å². The number of hydrogen-bond donors (Lipinski definition) is 2. The molecule has 3 rings (SSSR count). The Hall–Kier alpha value is -2.44. The summed E-state index contributed by atoms with van der Waals surface area (Å²) in [4.78, 5) is 37.0. The first-order chi connectivity index (χ1) is 11.5. The number of likely N-dealkylation sites (tertiary alicyclic amines) is 1. The zero-order valence-corrected chi connectivity index (χ0v) is 13.1. The van der Waals surface area contributed by atoms with Crippen molar-refractivity contribution in [2.75, 3.05) is 18.4 Å². The first kappa shape index (κ1) is 16.4. The number of carboxylic acids is 1. The summed E-state index contributed by atoms with van der Waals surface area (Å²) in [6.45, 7) is 1.02. The Balaban J connectivity index is 1.63. The van der Waals surface area contributed by atoms with Gasteiger partial charge in [-0.3, -0.25) is 9.59 Å². The van der Waals surface area contributed by atoms with E-state index in [0.29, 0.717) is 19.5 Å². The van der Waals surface area contributed by atoms with Crippen LogP contribution in [0.5, 0.6) is 0 Å². The van der Waals surface area contributed by atoms with E-state index in [1.165, 1.54) is 12.1 Å². The Kier molecular flexibility index (Phi) is 4.51. The predicted octanol–water partition coefficient (Wildman–Crippen LogP) is 2.11. The number of amides is 2. The van der Waals surface area contributed by atoms with Crippen molar-refractivity contribution >= 4 is 23.5 Å². The Morgan fingerprint density at radius 3 is 2.54 bits per heavy atom. The highest BCUT2D eigenvalue weighted by molar-refractivity contribution is 5.94. The van der Waals surface area contributed by atoms with Gasteiger partial charge in [-0.05, 0) is 43.9 Å². The molecule has 0 unspecified atom stereocenters. The van der Waals surface area contributed by atoms with Gasteiger partial charge in [-0.25, -0.2) is 9.18 Å². The van der Waals surface area contributed by atoms with Gasteiger partial charge >= 0.3 is 5.97 Å². The standard InChI is InChI=1S/C17H19FN2O4/c18-13-8-11(17(23)24)5-6-14(13)19-15(21)12-2-1-7-20(9-12)16(22)10-3-4-10/h5-6,8,10,12H,1-4,7,9H2,(H,19,21)(H,23,24)/t12-/m1/s1. The molecule has 2 N–H and O–H groups in total. The molecule has 0 spiro atoms. The maximum atomic E-state index is 13.9. The van der Waals surface area contributed by atoms with Crippen LogP contribution < -0.4 is 5.32 Å². The molecule has 1 saturated heterocycles. The van der Waals surface area contributed by atoms with Crippen LogP contribution in [0.2, 0.25) is 0 Å². The number of carbonyl (C=O) groups excluding carboxylic acids is 2. The largest absolute Gasteiger partial charge is 0.478 e. The molecule has 0 aromatic heterocycles. The Bertz CT molecular complexity index is 687. The molecule has 0 bridgehead atoms. The van der Waals surface area contributed by atoms with Gasteiger partial charge < -0.3 is 15.3 Å². The SMILES string of the molecule is O=C(O)c1ccc(NC(=O)[C@@H]2CCCN(C(=O)C3CC3)C2)c(F)c1. The molecule has 6 nitrogen and oxygen atoms in total. The molecule has 0 radical (unpaired) electrons. The summed E-state index contributed by atoms with van der Waals surface area (Å²) in [6.07, 6.45) is 3.24. The number of halogens is 1. The van der Waals surface area contributed by atoms with Crippen LogP contribution in [-0.4, -0.2) is 40.9 Å². The molecule has 2 fully saturated rings. The summed E-state index contributed by atoms with van der Waals surface area (Å²) >= 11 is 0. The van der Waals surface area contributed by atoms with E-state index in [1.54, 1.807) is 4.90 Å². The van der Waals surface area contributed by atoms with Crippen molar-refractivity contribution in [2.45, 2.75) is 25.7 Å². The third kappa shape index (κ3) is 3.55. The lowest BCUT2D eigenvalue weighted by molar-refractivity contribution is -0.135. The molecular formula is C17H19FN2O4. The smallest absolute Gasteiger partial charge is 0.335 e. The molecule has 1 aliphatic carbocycles. The molecular weight excluding hydrogens is 315 g/mol. The maximum Gasteiger partial charge on any atom is 0.335 e. The van der Waals surface area contributed by atoms with Crippen molar-refractivity contribution in [3.8, 4) is 0 Å². The lowest BCUT2D eigenvalue weighted by Gasteiger charge is -2.32. The molecule has 1 heterocycles. The number of nitrogens with zero attached hydrogens (tertiary/aromatic N) is 1. The summed E-state index contributed by atoms with van der Waals surface area (Å²) in [6, 6.07) is 3.36. The third-order valence-electron chi connectivity index (χ3n) is 4.50. The molecule has 24 heavy (non-hydrogen) atoms. The Morgan fingerprint density at radius 1 is 1.17 bits per heavy atom. The van der Waals surface area contributed by atoms with Crippen molar-refractivity contribution in [3.63, 3.8) is 0 Å². The fraction of sp³-hybridized carbons (Fsp3) is 0.471. The number of carbonyl (C=O) groups is 3. The van der Waals surface area contributed by atoms with Crippen molar-refractivity contribution < 1.29 is 23.9 Å². The van der Waals surface area contributed by atoms with Crippen LogP contribution in [-0.2, 0) is 9.59 Å². The van der Waals surface area contributed by atoms with Crippen LogP contribution in [0.15, 0.2) is 18.2 Å². The number of anilines is 1. The van der Waals surface area contributed by atoms with E-state index in [9.17, 15) is 18.8 Å². The van der Waals surface area contributed by atoms with Gasteiger partial charge in [0.05, 0.1) is 17.2 Å². The van der Waals surface area contributed by atoms with Crippen LogP contribution in [0.1, 0.15) is 36.0 Å². The van der Waals surface area contributed by atoms with Crippen molar-refractivity contribution in [2.24, 2.45) is 11.8 Å². The van der Waals surface area contributed by atoms with E-state index in [0.717, 1.165) is 25.3 Å². The van der Waals surface area contributed by atoms with Crippen molar-refractivity contribution in [1.29, 1.82) is 0 Å². The Morgan fingerprint density at radius 2 is 1.92 bits per heavy atom. The summed E-state index contributed by atoms with van der Waals surface area (Å²) in [5.41, 5.74) is -0.222. The van der Waals surface area contributed by atoms with Crippen molar-refractivity contribution in [3.05, 3.63) is 29.6 Å². The first-order valence-electron chi connectivity index (χ1n) is 8.08. The second-order valence-corrected chi connectivity index (χ2v) is 6.39. The van der Waals surface area contributed by atoms with Crippen LogP contribution in [0, 0.1) is 17.7 Å². The number of hydrogen-bond acceptors (Lipinski definition) is 3. The second kappa shape index (κ2) is 6.59. The minimum Gasteiger partial charge on any atom is -0.478 e. The van der Waals surface area contributed by atoms with Crippen molar-refractivity contribution in [1.82, 2.24) is 4.90 Å². The van der Waals surface area contributed by atoms with Crippen LogP contribution in [0.3, 0.4) is 0 Å². The predicted molar refractivity (Wildman–Crippen MR) is 84.0 cm³/mol. The number of aromatic carboxylic acids is 1. The van der Waals surface area contributed by atoms with Crippen LogP contribution >= 0.6 is 0 Å². The van der Waals surface area contributed by atoms with Gasteiger partial charge in [-0.2, -0.15) is 0 Å². The maximum absolute atomic E-state index is 13.9. The van der Waals surface area contributed by atoms with Gasteiger partial charge in [0, 0.05) is 19.0 Å². The molecule has 1 saturated carbocycles. The number of carboxylic acid groups (broad SMARTS) is 1. The van der Waals surface area contributed by atoms with Crippen LogP contribution in [0.4, 0.5) is 10.1 Å². The summed E-state index contributed by atoms with van der Waals surface area (Å²) in [5, 5.41) is 11.3. The molecule has 128 valence electrons. The van der Waals surface area contributed by atoms with Crippen LogP contribution in [0.25, 0.3) is 0 Å². The van der Waals surface area contributed by atoms with E-state index >= 15 is 0 Å². The van der Waals surface area contributed by atoms with E-state index in [-0.39, 0.29) is 34.9 Å². The zero-order chi connectivity index (χ0) is 17.3. The molecule has 1 atom stereocenters. The highest BCUT2D eigenvalue weighted by Crippen LogP contribution is 2.32. The highest BCUT2D eigenvalue weighted by Gasteiger charge is 2.36. The van der Waals surface area contributed by atoms with Gasteiger partial charge in [0.2, 0.25) is 11.8 Å². The average Bonchev–Trinajstić information content (AvgIpc) is 3.41. The van der Waals surface area contributed by atoms with Gasteiger partial charge in [-0.1, -0.05) is 0 Å². The molecule has 1 aromatic carbocycles. The number of rotatable bonds is 4. The highest BCUT2D eigenvalue weighted by atomic mass is 19.1.